The van der Waals surface area contributed by atoms with E-state index in [1.165, 1.54) is 16.5 Å². The number of carboxylic acid groups (broad SMARTS) is 1. The first kappa shape index (κ1) is 10.4. The van der Waals surface area contributed by atoms with Crippen LogP contribution in [0.15, 0.2) is 18.2 Å². The molecule has 0 saturated heterocycles. The van der Waals surface area contributed by atoms with Crippen LogP contribution in [-0.2, 0) is 11.2 Å². The number of carboxylic acids is 1. The van der Waals surface area contributed by atoms with Gasteiger partial charge in [-0.1, -0.05) is 12.1 Å². The summed E-state index contributed by atoms with van der Waals surface area (Å²) < 4.78 is 0. The normalized spacial score (nSPS) is 19.2. The van der Waals surface area contributed by atoms with Gasteiger partial charge in [-0.25, -0.2) is 0 Å². The summed E-state index contributed by atoms with van der Waals surface area (Å²) in [7, 11) is 0. The Morgan fingerprint density at radius 3 is 3.06 bits per heavy atom. The van der Waals surface area contributed by atoms with E-state index in [2.05, 4.69) is 23.2 Å². The quantitative estimate of drug-likeness (QED) is 0.789. The fraction of sp³-hybridized carbons (Fsp3) is 0.357. The van der Waals surface area contributed by atoms with E-state index in [1.807, 2.05) is 6.92 Å². The third-order valence-electron chi connectivity index (χ3n) is 3.66. The number of carbonyl (C=O) groups is 1. The molecule has 1 aliphatic carbocycles. The predicted octanol–water partition coefficient (Wildman–Crippen LogP) is 2.98. The summed E-state index contributed by atoms with van der Waals surface area (Å²) in [5, 5.41) is 10.4. The van der Waals surface area contributed by atoms with E-state index in [-0.39, 0.29) is 5.92 Å². The number of hydrogen-bond acceptors (Lipinski definition) is 1. The molecule has 0 fully saturated rings. The number of aromatic amines is 1. The van der Waals surface area contributed by atoms with Crippen molar-refractivity contribution in [1.29, 1.82) is 0 Å². The number of H-pyrrole nitrogens is 1. The maximum absolute atomic E-state index is 11.2. The number of rotatable bonds is 1. The minimum Gasteiger partial charge on any atom is -0.481 e. The Balaban J connectivity index is 2.24. The number of nitrogens with one attached hydrogen (secondary N) is 1. The molecule has 1 unspecified atom stereocenters. The largest absolute Gasteiger partial charge is 0.481 e. The Hall–Kier alpha value is -1.77. The summed E-state index contributed by atoms with van der Waals surface area (Å²) in [5.74, 6) is -1.07. The molecular formula is C14H15NO2. The number of benzene rings is 1. The van der Waals surface area contributed by atoms with E-state index in [0.29, 0.717) is 0 Å². The predicted molar refractivity (Wildman–Crippen MR) is 66.4 cm³/mol. The summed E-state index contributed by atoms with van der Waals surface area (Å²) in [4.78, 5) is 14.5. The van der Waals surface area contributed by atoms with Crippen molar-refractivity contribution in [2.24, 2.45) is 0 Å². The van der Waals surface area contributed by atoms with Crippen molar-refractivity contribution in [3.63, 3.8) is 0 Å². The molecule has 1 aliphatic rings. The van der Waals surface area contributed by atoms with Gasteiger partial charge in [0.05, 0.1) is 5.92 Å². The van der Waals surface area contributed by atoms with Crippen LogP contribution in [0.25, 0.3) is 10.9 Å². The molecule has 0 aliphatic heterocycles. The Morgan fingerprint density at radius 1 is 1.47 bits per heavy atom. The van der Waals surface area contributed by atoms with Gasteiger partial charge in [-0.05, 0) is 43.4 Å². The highest BCUT2D eigenvalue weighted by atomic mass is 16.4. The highest BCUT2D eigenvalue weighted by Gasteiger charge is 2.29. The van der Waals surface area contributed by atoms with Gasteiger partial charge in [0.1, 0.15) is 0 Å². The van der Waals surface area contributed by atoms with Gasteiger partial charge in [-0.2, -0.15) is 0 Å². The molecule has 1 atom stereocenters. The first-order valence-electron chi connectivity index (χ1n) is 6.00. The molecule has 1 aromatic heterocycles. The standard InChI is InChI=1S/C14H15NO2/c1-8-5-6-9-10-3-2-4-11(14(16)17)13(10)15-12(9)7-8/h5-7,11,15H,2-4H2,1H3,(H,16,17). The molecule has 2 aromatic rings. The maximum Gasteiger partial charge on any atom is 0.312 e. The molecule has 0 bridgehead atoms. The molecule has 0 radical (unpaired) electrons. The lowest BCUT2D eigenvalue weighted by molar-refractivity contribution is -0.139. The molecule has 0 spiro atoms. The van der Waals surface area contributed by atoms with E-state index in [4.69, 9.17) is 0 Å². The van der Waals surface area contributed by atoms with E-state index >= 15 is 0 Å². The minimum absolute atomic E-state index is 0.355. The lowest BCUT2D eigenvalue weighted by Crippen LogP contribution is -2.17. The Labute approximate surface area is 99.5 Å². The van der Waals surface area contributed by atoms with Crippen LogP contribution in [0.1, 0.15) is 35.6 Å². The molecule has 17 heavy (non-hydrogen) atoms. The fourth-order valence-corrected chi connectivity index (χ4v) is 2.83. The van der Waals surface area contributed by atoms with Gasteiger partial charge in [-0.3, -0.25) is 4.79 Å². The number of aromatic nitrogens is 1. The second-order valence-corrected chi connectivity index (χ2v) is 4.85. The second kappa shape index (κ2) is 3.62. The summed E-state index contributed by atoms with van der Waals surface area (Å²) in [6.45, 7) is 2.05. The van der Waals surface area contributed by atoms with Crippen LogP contribution in [0.2, 0.25) is 0 Å². The van der Waals surface area contributed by atoms with Crippen molar-refractivity contribution in [3.05, 3.63) is 35.0 Å². The second-order valence-electron chi connectivity index (χ2n) is 4.85. The smallest absolute Gasteiger partial charge is 0.312 e. The van der Waals surface area contributed by atoms with Crippen molar-refractivity contribution < 1.29 is 9.90 Å². The van der Waals surface area contributed by atoms with Crippen LogP contribution < -0.4 is 0 Å². The zero-order valence-electron chi connectivity index (χ0n) is 9.79. The minimum atomic E-state index is -0.714. The Kier molecular flexibility index (Phi) is 2.21. The number of fused-ring (bicyclic) bond motifs is 3. The van der Waals surface area contributed by atoms with Crippen molar-refractivity contribution >= 4 is 16.9 Å². The highest BCUT2D eigenvalue weighted by molar-refractivity contribution is 5.88. The van der Waals surface area contributed by atoms with Crippen LogP contribution in [0, 0.1) is 6.92 Å². The molecule has 3 nitrogen and oxygen atoms in total. The molecule has 88 valence electrons. The average molecular weight is 229 g/mol. The summed E-state index contributed by atoms with van der Waals surface area (Å²) in [5.41, 5.74) is 4.40. The third kappa shape index (κ3) is 1.54. The topological polar surface area (TPSA) is 53.1 Å². The van der Waals surface area contributed by atoms with E-state index in [9.17, 15) is 9.90 Å². The first-order chi connectivity index (χ1) is 8.16. The molecule has 3 rings (SSSR count). The lowest BCUT2D eigenvalue weighted by atomic mass is 9.87. The molecular weight excluding hydrogens is 214 g/mol. The maximum atomic E-state index is 11.2. The summed E-state index contributed by atoms with van der Waals surface area (Å²) in [6, 6.07) is 6.28. The molecule has 0 saturated carbocycles. The van der Waals surface area contributed by atoms with E-state index in [0.717, 1.165) is 30.5 Å². The number of aliphatic carboxylic acids is 1. The molecule has 1 aromatic carbocycles. The van der Waals surface area contributed by atoms with Crippen LogP contribution >= 0.6 is 0 Å². The average Bonchev–Trinajstić information content (AvgIpc) is 2.65. The molecule has 1 heterocycles. The highest BCUT2D eigenvalue weighted by Crippen LogP contribution is 2.36. The molecule has 3 heteroatoms. The zero-order valence-corrected chi connectivity index (χ0v) is 9.79. The van der Waals surface area contributed by atoms with Gasteiger partial charge < -0.3 is 10.1 Å². The van der Waals surface area contributed by atoms with Crippen molar-refractivity contribution in [3.8, 4) is 0 Å². The SMILES string of the molecule is Cc1ccc2c3c([nH]c2c1)C(C(=O)O)CCC3. The number of aryl methyl sites for hydroxylation is 2. The van der Waals surface area contributed by atoms with Gasteiger partial charge in [0.15, 0.2) is 0 Å². The zero-order chi connectivity index (χ0) is 12.0. The van der Waals surface area contributed by atoms with Gasteiger partial charge >= 0.3 is 5.97 Å². The summed E-state index contributed by atoms with van der Waals surface area (Å²) in [6.07, 6.45) is 2.70. The van der Waals surface area contributed by atoms with E-state index in [1.54, 1.807) is 0 Å². The van der Waals surface area contributed by atoms with Gasteiger partial charge in [-0.15, -0.1) is 0 Å². The molecule has 2 N–H and O–H groups in total. The third-order valence-corrected chi connectivity index (χ3v) is 3.66. The van der Waals surface area contributed by atoms with Crippen LogP contribution in [0.3, 0.4) is 0 Å². The monoisotopic (exact) mass is 229 g/mol. The Bertz CT molecular complexity index is 598. The van der Waals surface area contributed by atoms with Gasteiger partial charge in [0.25, 0.3) is 0 Å². The van der Waals surface area contributed by atoms with Crippen LogP contribution in [-0.4, -0.2) is 16.1 Å². The van der Waals surface area contributed by atoms with Crippen molar-refractivity contribution in [2.75, 3.05) is 0 Å². The van der Waals surface area contributed by atoms with Crippen molar-refractivity contribution in [1.82, 2.24) is 4.98 Å². The first-order valence-corrected chi connectivity index (χ1v) is 6.00. The fourth-order valence-electron chi connectivity index (χ4n) is 2.83. The lowest BCUT2D eigenvalue weighted by Gasteiger charge is -2.18. The molecule has 0 amide bonds. The summed E-state index contributed by atoms with van der Waals surface area (Å²) >= 11 is 0. The Morgan fingerprint density at radius 2 is 2.29 bits per heavy atom. The van der Waals surface area contributed by atoms with Crippen LogP contribution in [0.4, 0.5) is 0 Å². The van der Waals surface area contributed by atoms with Gasteiger partial charge in [0.2, 0.25) is 0 Å². The van der Waals surface area contributed by atoms with Crippen molar-refractivity contribution in [2.45, 2.75) is 32.1 Å². The van der Waals surface area contributed by atoms with Crippen LogP contribution in [0.5, 0.6) is 0 Å². The van der Waals surface area contributed by atoms with E-state index < -0.39 is 5.97 Å². The van der Waals surface area contributed by atoms with Gasteiger partial charge in [0, 0.05) is 16.6 Å². The number of hydrogen-bond donors (Lipinski definition) is 2.